The Morgan fingerprint density at radius 3 is 2.88 bits per heavy atom. The van der Waals surface area contributed by atoms with Crippen LogP contribution in [0.4, 0.5) is 0 Å². The Balaban J connectivity index is 1.56. The molecule has 0 saturated heterocycles. The van der Waals surface area contributed by atoms with Gasteiger partial charge < -0.3 is 9.72 Å². The molecule has 0 spiro atoms. The molecule has 0 aliphatic carbocycles. The van der Waals surface area contributed by atoms with Crippen LogP contribution < -0.4 is 0 Å². The van der Waals surface area contributed by atoms with Gasteiger partial charge in [0.15, 0.2) is 3.42 Å². The van der Waals surface area contributed by atoms with Crippen molar-refractivity contribution >= 4 is 62.8 Å². The predicted octanol–water partition coefficient (Wildman–Crippen LogP) is 7.09. The number of carbonyl (C=O) groups is 1. The molecule has 2 bridgehead atoms. The SMILES string of the molecule is CCC1=C[C@H]2CN(C1)Cc1c([nH]c3ccc(SCc4ccccc4Cl)cc13)[C@](I)(C(=O)OC)C2. The van der Waals surface area contributed by atoms with Crippen molar-refractivity contribution in [2.75, 3.05) is 20.2 Å². The fourth-order valence-electron chi connectivity index (χ4n) is 5.23. The molecule has 0 radical (unpaired) electrons. The number of alkyl halides is 1. The lowest BCUT2D eigenvalue weighted by Crippen LogP contribution is -2.43. The number of halogens is 2. The molecule has 2 aliphatic heterocycles. The minimum Gasteiger partial charge on any atom is -0.468 e. The zero-order valence-corrected chi connectivity index (χ0v) is 23.1. The van der Waals surface area contributed by atoms with Crippen LogP contribution in [0.15, 0.2) is 59.0 Å². The zero-order valence-electron chi connectivity index (χ0n) is 19.4. The van der Waals surface area contributed by atoms with E-state index >= 15 is 0 Å². The first kappa shape index (κ1) is 24.2. The average Bonchev–Trinajstić information content (AvgIpc) is 3.20. The number of hydrogen-bond donors (Lipinski definition) is 1. The Labute approximate surface area is 223 Å². The molecule has 3 heterocycles. The molecule has 0 fully saturated rings. The van der Waals surface area contributed by atoms with Gasteiger partial charge >= 0.3 is 5.97 Å². The Bertz CT molecular complexity index is 1270. The lowest BCUT2D eigenvalue weighted by atomic mass is 9.84. The summed E-state index contributed by atoms with van der Waals surface area (Å²) < 4.78 is 4.60. The lowest BCUT2D eigenvalue weighted by Gasteiger charge is -2.39. The van der Waals surface area contributed by atoms with Gasteiger partial charge in [0.25, 0.3) is 0 Å². The molecule has 1 aromatic heterocycles. The molecule has 178 valence electrons. The predicted molar refractivity (Wildman–Crippen MR) is 149 cm³/mol. The number of nitrogens with one attached hydrogen (secondary N) is 1. The highest BCUT2D eigenvalue weighted by Crippen LogP contribution is 2.46. The number of fused-ring (bicyclic) bond motifs is 5. The van der Waals surface area contributed by atoms with Crippen LogP contribution in [0.2, 0.25) is 5.02 Å². The summed E-state index contributed by atoms with van der Waals surface area (Å²) in [6, 6.07) is 14.6. The third-order valence-electron chi connectivity index (χ3n) is 6.91. The zero-order chi connectivity index (χ0) is 23.9. The number of hydrogen-bond acceptors (Lipinski definition) is 4. The van der Waals surface area contributed by atoms with Gasteiger partial charge in [-0.15, -0.1) is 11.8 Å². The van der Waals surface area contributed by atoms with Crippen molar-refractivity contribution in [2.45, 2.75) is 40.4 Å². The average molecular weight is 607 g/mol. The van der Waals surface area contributed by atoms with Crippen molar-refractivity contribution in [3.63, 3.8) is 0 Å². The molecule has 5 rings (SSSR count). The minimum absolute atomic E-state index is 0.181. The Morgan fingerprint density at radius 2 is 2.12 bits per heavy atom. The third kappa shape index (κ3) is 4.54. The van der Waals surface area contributed by atoms with E-state index in [0.29, 0.717) is 5.92 Å². The summed E-state index contributed by atoms with van der Waals surface area (Å²) in [5.41, 5.74) is 5.86. The smallest absolute Gasteiger partial charge is 0.327 e. The summed E-state index contributed by atoms with van der Waals surface area (Å²) in [5.74, 6) is 0.968. The Kier molecular flexibility index (Phi) is 7.04. The second-order valence-electron chi connectivity index (χ2n) is 9.17. The maximum absolute atomic E-state index is 13.2. The van der Waals surface area contributed by atoms with Gasteiger partial charge in [-0.2, -0.15) is 0 Å². The number of ether oxygens (including phenoxy) is 1. The van der Waals surface area contributed by atoms with Crippen LogP contribution in [0.1, 0.15) is 36.6 Å². The number of esters is 1. The van der Waals surface area contributed by atoms with E-state index in [2.05, 4.69) is 69.7 Å². The summed E-state index contributed by atoms with van der Waals surface area (Å²) >= 11 is 10.5. The summed E-state index contributed by atoms with van der Waals surface area (Å²) in [4.78, 5) is 20.5. The maximum Gasteiger partial charge on any atom is 0.327 e. The molecule has 2 aromatic carbocycles. The van der Waals surface area contributed by atoms with Gasteiger partial charge in [0.1, 0.15) is 0 Å². The summed E-state index contributed by atoms with van der Waals surface area (Å²) in [6.07, 6.45) is 4.17. The van der Waals surface area contributed by atoms with Gasteiger partial charge in [-0.1, -0.05) is 71.0 Å². The van der Waals surface area contributed by atoms with E-state index in [-0.39, 0.29) is 5.97 Å². The van der Waals surface area contributed by atoms with Crippen LogP contribution in [0.25, 0.3) is 10.9 Å². The van der Waals surface area contributed by atoms with E-state index in [1.54, 1.807) is 11.8 Å². The summed E-state index contributed by atoms with van der Waals surface area (Å²) in [6.45, 7) is 5.00. The van der Waals surface area contributed by atoms with Crippen molar-refractivity contribution in [3.05, 3.63) is 76.0 Å². The highest BCUT2D eigenvalue weighted by atomic mass is 127. The topological polar surface area (TPSA) is 45.3 Å². The third-order valence-corrected chi connectivity index (χ3v) is 9.74. The maximum atomic E-state index is 13.2. The van der Waals surface area contributed by atoms with E-state index in [1.165, 1.54) is 28.5 Å². The van der Waals surface area contributed by atoms with E-state index in [4.69, 9.17) is 16.3 Å². The van der Waals surface area contributed by atoms with Crippen molar-refractivity contribution in [1.29, 1.82) is 0 Å². The van der Waals surface area contributed by atoms with Crippen molar-refractivity contribution in [1.82, 2.24) is 9.88 Å². The lowest BCUT2D eigenvalue weighted by molar-refractivity contribution is -0.143. The fraction of sp³-hybridized carbons (Fsp3) is 0.370. The second kappa shape index (κ2) is 9.88. The number of H-pyrrole nitrogens is 1. The number of methoxy groups -OCH3 is 1. The van der Waals surface area contributed by atoms with Crippen molar-refractivity contribution in [2.24, 2.45) is 5.92 Å². The molecular weight excluding hydrogens is 579 g/mol. The van der Waals surface area contributed by atoms with E-state index in [0.717, 1.165) is 60.0 Å². The summed E-state index contributed by atoms with van der Waals surface area (Å²) in [7, 11) is 1.49. The molecule has 3 atom stereocenters. The first-order valence-corrected chi connectivity index (χ1v) is 14.1. The monoisotopic (exact) mass is 606 g/mol. The van der Waals surface area contributed by atoms with E-state index in [9.17, 15) is 4.79 Å². The molecule has 0 amide bonds. The first-order chi connectivity index (χ1) is 16.4. The molecule has 4 nitrogen and oxygen atoms in total. The summed E-state index contributed by atoms with van der Waals surface area (Å²) in [5, 5.41) is 1.99. The van der Waals surface area contributed by atoms with E-state index < -0.39 is 3.42 Å². The number of rotatable bonds is 5. The van der Waals surface area contributed by atoms with Crippen LogP contribution in [0.3, 0.4) is 0 Å². The normalized spacial score (nSPS) is 24.2. The molecule has 2 aliphatic rings. The standard InChI is InChI=1S/C27H28ClIN2O2S/c1-3-17-10-18-12-27(29,26(32)33-2)25-22(15-31(13-17)14-18)21-11-20(8-9-24(21)30-25)34-16-19-6-4-5-7-23(19)28/h4-11,18,30H,3,12-16H2,1-2H3/t18-,27+/m1/s1. The molecule has 34 heavy (non-hydrogen) atoms. The highest BCUT2D eigenvalue weighted by Gasteiger charge is 2.46. The van der Waals surface area contributed by atoms with Gasteiger partial charge in [-0.05, 0) is 54.2 Å². The number of thioether (sulfide) groups is 1. The fourth-order valence-corrected chi connectivity index (χ4v) is 7.69. The second-order valence-corrected chi connectivity index (χ2v) is 12.5. The van der Waals surface area contributed by atoms with Crippen molar-refractivity contribution < 1.29 is 9.53 Å². The quantitative estimate of drug-likeness (QED) is 0.111. The Hall–Kier alpha value is -1.48. The molecule has 7 heteroatoms. The number of aromatic amines is 1. The van der Waals surface area contributed by atoms with Crippen LogP contribution in [-0.2, 0) is 25.3 Å². The van der Waals surface area contributed by atoms with Gasteiger partial charge in [0.05, 0.1) is 7.11 Å². The minimum atomic E-state index is -0.741. The van der Waals surface area contributed by atoms with E-state index in [1.807, 2.05) is 18.2 Å². The van der Waals surface area contributed by atoms with Crippen LogP contribution >= 0.6 is 46.0 Å². The largest absolute Gasteiger partial charge is 0.468 e. The van der Waals surface area contributed by atoms with Gasteiger partial charge in [-0.25, -0.2) is 0 Å². The van der Waals surface area contributed by atoms with Crippen LogP contribution in [0.5, 0.6) is 0 Å². The molecule has 0 saturated carbocycles. The molecule has 1 N–H and O–H groups in total. The van der Waals surface area contributed by atoms with Gasteiger partial charge in [0, 0.05) is 51.9 Å². The van der Waals surface area contributed by atoms with Gasteiger partial charge in [-0.3, -0.25) is 9.69 Å². The highest BCUT2D eigenvalue weighted by molar-refractivity contribution is 14.1. The molecule has 3 aromatic rings. The number of benzene rings is 2. The molecule has 1 unspecified atom stereocenters. The Morgan fingerprint density at radius 1 is 1.29 bits per heavy atom. The van der Waals surface area contributed by atoms with Crippen molar-refractivity contribution in [3.8, 4) is 0 Å². The molecular formula is C27H28ClIN2O2S. The van der Waals surface area contributed by atoms with Crippen LogP contribution in [-0.4, -0.2) is 36.1 Å². The van der Waals surface area contributed by atoms with Crippen LogP contribution in [0, 0.1) is 5.92 Å². The number of aromatic nitrogens is 1. The van der Waals surface area contributed by atoms with Gasteiger partial charge in [0.2, 0.25) is 0 Å². The number of carbonyl (C=O) groups excluding carboxylic acids is 1. The first-order valence-electron chi connectivity index (χ1n) is 11.6. The number of nitrogens with zero attached hydrogens (tertiary/aromatic N) is 1.